The number of anilines is 2. The Balaban J connectivity index is 1.25. The molecule has 8 rings (SSSR count). The summed E-state index contributed by atoms with van der Waals surface area (Å²) in [5.41, 5.74) is -3.17. The lowest BCUT2D eigenvalue weighted by Crippen LogP contribution is -2.61. The van der Waals surface area contributed by atoms with Crippen LogP contribution in [0.4, 0.5) is 11.4 Å². The Kier molecular flexibility index (Phi) is 22.6. The van der Waals surface area contributed by atoms with Crippen molar-refractivity contribution >= 4 is 99.5 Å². The average Bonchev–Trinajstić information content (AvgIpc) is 0.770. The van der Waals surface area contributed by atoms with Crippen LogP contribution < -0.4 is 36.9 Å². The van der Waals surface area contributed by atoms with Crippen LogP contribution in [-0.4, -0.2) is 231 Å². The molecular weight excluding hydrogens is 1280 g/mol. The standard InChI is InChI=1S/C67H90N12O19/c1-29(2)45-63(90)78-25-17-19-39(78)61(88)74(13)27-41(80)76(15)52(31(5)6)66(93)95-35(11)47(59(86)70-45)72-57(84)37-22-21-33(9)54-49(37)69-51-44(50-56(34(10)55(51)97-54)98-65(92)38(68-50)23-24-43(82)83)58(85)73-48-36(12)96-67(94)53(32(7)8)77(16)42(81)28-75(14)62(89)40-20-18-26-79(40)64(91)46(30(3)4)71-60(48)87/h21-22,29-32,35-36,39-40,45-48,52-53,69H,17-20,23-28H2,1-16H3,(H,70,86)(H,71,87)(H,72,84)(H,73,85)(H,82,83)/t35-,36-,39+,40+,45-,46-,47+,48+,52+,53+/m1/s1. The molecule has 31 nitrogen and oxygen atoms in total. The number of fused-ring (bicyclic) bond motifs is 5. The summed E-state index contributed by atoms with van der Waals surface area (Å²) in [6, 6.07) is -8.19. The van der Waals surface area contributed by atoms with E-state index in [1.807, 2.05) is 0 Å². The molecule has 5 aliphatic heterocycles. The van der Waals surface area contributed by atoms with Gasteiger partial charge in [-0.2, -0.15) is 0 Å². The molecule has 3 aromatic rings. The molecule has 10 atom stereocenters. The molecule has 0 aliphatic carbocycles. The summed E-state index contributed by atoms with van der Waals surface area (Å²) < 4.78 is 24.5. The molecule has 5 aliphatic rings. The Hall–Kier alpha value is -9.71. The summed E-state index contributed by atoms with van der Waals surface area (Å²) in [7, 11) is 5.55. The van der Waals surface area contributed by atoms with Gasteiger partial charge in [0.05, 0.1) is 42.0 Å². The Labute approximate surface area is 566 Å². The topological polar surface area (TPSA) is 393 Å². The Morgan fingerprint density at radius 2 is 1.08 bits per heavy atom. The number of carboxylic acids is 1. The molecular formula is C67H90N12O19. The molecule has 0 spiro atoms. The fourth-order valence-corrected chi connectivity index (χ4v) is 13.3. The number of benzene rings is 2. The van der Waals surface area contributed by atoms with Crippen molar-refractivity contribution in [2.75, 3.05) is 59.7 Å². The lowest BCUT2D eigenvalue weighted by atomic mass is 9.98. The summed E-state index contributed by atoms with van der Waals surface area (Å²) in [6.45, 7) is 18.3. The molecule has 1 aromatic heterocycles. The van der Waals surface area contributed by atoms with Crippen molar-refractivity contribution in [1.29, 1.82) is 0 Å². The maximum atomic E-state index is 15.9. The second-order valence-corrected chi connectivity index (χ2v) is 27.4. The van der Waals surface area contributed by atoms with Gasteiger partial charge < -0.3 is 79.7 Å². The molecule has 532 valence electrons. The van der Waals surface area contributed by atoms with Crippen LogP contribution >= 0.6 is 0 Å². The van der Waals surface area contributed by atoms with Crippen molar-refractivity contribution in [3.05, 3.63) is 50.5 Å². The zero-order chi connectivity index (χ0) is 72.5. The summed E-state index contributed by atoms with van der Waals surface area (Å²) in [4.78, 5) is 213. The monoisotopic (exact) mass is 1370 g/mol. The van der Waals surface area contributed by atoms with Crippen molar-refractivity contribution in [3.63, 3.8) is 0 Å². The van der Waals surface area contributed by atoms with Crippen LogP contribution in [0.25, 0.3) is 11.1 Å². The van der Waals surface area contributed by atoms with E-state index in [-0.39, 0.29) is 65.5 Å². The van der Waals surface area contributed by atoms with Crippen LogP contribution in [0.2, 0.25) is 0 Å². The van der Waals surface area contributed by atoms with Crippen LogP contribution in [0.15, 0.2) is 21.3 Å². The van der Waals surface area contributed by atoms with E-state index in [4.69, 9.17) is 18.6 Å². The van der Waals surface area contributed by atoms with Crippen LogP contribution in [0.1, 0.15) is 139 Å². The minimum atomic E-state index is -1.95. The van der Waals surface area contributed by atoms with Gasteiger partial charge in [-0.25, -0.2) is 19.4 Å². The van der Waals surface area contributed by atoms with Gasteiger partial charge in [-0.05, 0) is 88.7 Å². The SMILES string of the molecule is Cc1ccc(C(=O)N[C@@H]2C(=O)N[C@H](C(C)C)C(=O)N3CCC[C@H]3C(=O)N(C)CC(=O)N(C)[C@@H](C(C)C)C(=O)O[C@@H]2C)c2c1Oc1c(c(C(=O)N[C@@H]3C(=O)N[C@H](C(C)C)C(=O)N4CCC[C@H]4C(=O)N(C)CC(=O)N(C)[C@@H](C(C)C)C(=O)O[C@@H]3C)c3nc(CCC(=O)O)c(=O)oc3c1C)N2. The van der Waals surface area contributed by atoms with Gasteiger partial charge in [0.1, 0.15) is 71.8 Å². The largest absolute Gasteiger partial charge is 0.481 e. The minimum absolute atomic E-state index is 0.0379. The van der Waals surface area contributed by atoms with E-state index in [9.17, 15) is 53.1 Å². The second-order valence-electron chi connectivity index (χ2n) is 27.4. The van der Waals surface area contributed by atoms with Crippen LogP contribution in [0, 0.1) is 37.5 Å². The number of nitrogens with one attached hydrogen (secondary N) is 5. The average molecular weight is 1370 g/mol. The molecule has 0 radical (unpaired) electrons. The van der Waals surface area contributed by atoms with Crippen molar-refractivity contribution in [2.45, 2.75) is 182 Å². The van der Waals surface area contributed by atoms with E-state index in [1.165, 1.54) is 80.7 Å². The normalized spacial score (nSPS) is 25.2. The first-order valence-electron chi connectivity index (χ1n) is 33.0. The molecule has 0 bridgehead atoms. The van der Waals surface area contributed by atoms with E-state index >= 15 is 19.2 Å². The number of esters is 2. The summed E-state index contributed by atoms with van der Waals surface area (Å²) in [6.07, 6.45) is -2.96. The predicted octanol–water partition coefficient (Wildman–Crippen LogP) is 1.91. The third-order valence-corrected chi connectivity index (χ3v) is 18.8. The molecule has 31 heteroatoms. The minimum Gasteiger partial charge on any atom is -0.481 e. The number of hydrogen-bond donors (Lipinski definition) is 6. The Morgan fingerprint density at radius 1 is 0.622 bits per heavy atom. The quantitative estimate of drug-likeness (QED) is 0.117. The number of aliphatic carboxylic acids is 1. The van der Waals surface area contributed by atoms with Gasteiger partial charge in [0.2, 0.25) is 47.3 Å². The highest BCUT2D eigenvalue weighted by molar-refractivity contribution is 6.15. The molecule has 0 unspecified atom stereocenters. The van der Waals surface area contributed by atoms with Crippen LogP contribution in [0.5, 0.6) is 11.5 Å². The summed E-state index contributed by atoms with van der Waals surface area (Å²) in [5.74, 6) is -14.0. The third-order valence-electron chi connectivity index (χ3n) is 18.8. The van der Waals surface area contributed by atoms with E-state index < -0.39 is 210 Å². The van der Waals surface area contributed by atoms with Gasteiger partial charge in [-0.3, -0.25) is 52.7 Å². The first kappa shape index (κ1) is 74.1. The smallest absolute Gasteiger partial charge is 0.358 e. The van der Waals surface area contributed by atoms with E-state index in [2.05, 4.69) is 31.6 Å². The van der Waals surface area contributed by atoms with Gasteiger partial charge in [0.15, 0.2) is 17.1 Å². The van der Waals surface area contributed by atoms with Gasteiger partial charge in [0.25, 0.3) is 11.8 Å². The van der Waals surface area contributed by atoms with E-state index in [0.29, 0.717) is 18.4 Å². The van der Waals surface area contributed by atoms with Gasteiger partial charge >= 0.3 is 23.5 Å². The predicted molar refractivity (Wildman–Crippen MR) is 350 cm³/mol. The molecule has 98 heavy (non-hydrogen) atoms. The highest BCUT2D eigenvalue weighted by Crippen LogP contribution is 2.51. The number of carbonyl (C=O) groups excluding carboxylic acids is 12. The van der Waals surface area contributed by atoms with E-state index in [1.54, 1.807) is 62.3 Å². The molecule has 6 heterocycles. The number of carboxylic acid groups (broad SMARTS) is 1. The molecule has 2 aromatic carbocycles. The molecule has 4 fully saturated rings. The third kappa shape index (κ3) is 15.0. The lowest BCUT2D eigenvalue weighted by Gasteiger charge is -2.36. The first-order chi connectivity index (χ1) is 46.0. The number of rotatable bonds is 11. The van der Waals surface area contributed by atoms with Crippen LogP contribution in [-0.2, 0) is 68.6 Å². The highest BCUT2D eigenvalue weighted by atomic mass is 16.6. The number of aryl methyl sites for hydroxylation is 3. The van der Waals surface area contributed by atoms with Crippen LogP contribution in [0.3, 0.4) is 0 Å². The zero-order valence-electron chi connectivity index (χ0n) is 58.2. The molecule has 10 amide bonds. The summed E-state index contributed by atoms with van der Waals surface area (Å²) >= 11 is 0. The fourth-order valence-electron chi connectivity index (χ4n) is 13.3. The molecule has 0 saturated carbocycles. The fraction of sp³-hybridized carbons (Fsp3) is 0.597. The van der Waals surface area contributed by atoms with Gasteiger partial charge in [-0.1, -0.05) is 61.5 Å². The highest BCUT2D eigenvalue weighted by Gasteiger charge is 2.47. The zero-order valence-corrected chi connectivity index (χ0v) is 58.2. The number of nitrogens with zero attached hydrogens (tertiary/aromatic N) is 7. The maximum absolute atomic E-state index is 15.9. The number of aromatic nitrogens is 1. The number of hydrogen-bond acceptors (Lipinski definition) is 20. The maximum Gasteiger partial charge on any atom is 0.358 e. The second kappa shape index (κ2) is 30.0. The van der Waals surface area contributed by atoms with Crippen molar-refractivity contribution in [1.82, 2.24) is 55.7 Å². The van der Waals surface area contributed by atoms with E-state index in [0.717, 1.165) is 9.80 Å². The number of carbonyl (C=O) groups is 13. The first-order valence-corrected chi connectivity index (χ1v) is 33.0. The van der Waals surface area contributed by atoms with Gasteiger partial charge in [-0.15, -0.1) is 0 Å². The molecule has 6 N–H and O–H groups in total. The van der Waals surface area contributed by atoms with Gasteiger partial charge in [0, 0.05) is 53.3 Å². The number of cyclic esters (lactones) is 2. The number of likely N-dealkylation sites (N-methyl/N-ethyl adjacent to an activating group) is 4. The Bertz CT molecular complexity index is 3810. The summed E-state index contributed by atoms with van der Waals surface area (Å²) in [5, 5.41) is 23.7. The Morgan fingerprint density at radius 3 is 1.52 bits per heavy atom. The number of ether oxygens (including phenoxy) is 3. The van der Waals surface area contributed by atoms with Crippen molar-refractivity contribution in [3.8, 4) is 11.5 Å². The lowest BCUT2D eigenvalue weighted by molar-refractivity contribution is -0.163. The van der Waals surface area contributed by atoms with Crippen molar-refractivity contribution < 1.29 is 86.1 Å². The van der Waals surface area contributed by atoms with Crippen molar-refractivity contribution in [2.24, 2.45) is 23.7 Å². The number of amides is 10. The molecule has 4 saturated heterocycles.